The van der Waals surface area contributed by atoms with Crippen molar-refractivity contribution in [2.24, 2.45) is 12.8 Å². The molecule has 0 aliphatic carbocycles. The van der Waals surface area contributed by atoms with Crippen molar-refractivity contribution in [3.05, 3.63) is 17.5 Å². The van der Waals surface area contributed by atoms with E-state index in [0.717, 1.165) is 6.21 Å². The summed E-state index contributed by atoms with van der Waals surface area (Å²) in [5.74, 6) is -0.607. The normalized spacial score (nSPS) is 9.55. The van der Waals surface area contributed by atoms with E-state index in [0.29, 0.717) is 5.56 Å². The molecule has 0 unspecified atom stereocenters. The van der Waals surface area contributed by atoms with E-state index in [4.69, 9.17) is 11.1 Å². The molecule has 5 heteroatoms. The number of aromatic nitrogens is 2. The lowest BCUT2D eigenvalue weighted by molar-refractivity contribution is 0.0995. The van der Waals surface area contributed by atoms with Gasteiger partial charge in [-0.05, 0) is 0 Å². The average molecular weight is 152 g/mol. The van der Waals surface area contributed by atoms with E-state index in [1.54, 1.807) is 13.2 Å². The third-order valence-electron chi connectivity index (χ3n) is 1.25. The van der Waals surface area contributed by atoms with Gasteiger partial charge in [-0.15, -0.1) is 0 Å². The Kier molecular flexibility index (Phi) is 1.72. The first-order valence-electron chi connectivity index (χ1n) is 2.99. The molecule has 0 saturated carbocycles. The van der Waals surface area contributed by atoms with Crippen LogP contribution in [0.1, 0.15) is 16.1 Å². The number of rotatable bonds is 2. The standard InChI is InChI=1S/C6H8N4O/c1-10-3-4(2-7)5(9-10)6(8)11/h2-3,7H,1H3,(H2,8,11). The maximum Gasteiger partial charge on any atom is 0.269 e. The molecule has 1 heterocycles. The van der Waals surface area contributed by atoms with Crippen LogP contribution in [-0.4, -0.2) is 21.9 Å². The highest BCUT2D eigenvalue weighted by molar-refractivity contribution is 5.98. The molecule has 1 rings (SSSR count). The summed E-state index contributed by atoms with van der Waals surface area (Å²) >= 11 is 0. The first-order valence-corrected chi connectivity index (χ1v) is 2.99. The molecule has 0 radical (unpaired) electrons. The number of amides is 1. The van der Waals surface area contributed by atoms with Gasteiger partial charge in [-0.1, -0.05) is 0 Å². The number of nitrogens with two attached hydrogens (primary N) is 1. The summed E-state index contributed by atoms with van der Waals surface area (Å²) < 4.78 is 1.44. The van der Waals surface area contributed by atoms with Crippen LogP contribution >= 0.6 is 0 Å². The molecule has 0 aliphatic heterocycles. The lowest BCUT2D eigenvalue weighted by atomic mass is 10.2. The summed E-state index contributed by atoms with van der Waals surface area (Å²) in [5.41, 5.74) is 5.57. The van der Waals surface area contributed by atoms with Crippen molar-refractivity contribution in [3.63, 3.8) is 0 Å². The fourth-order valence-corrected chi connectivity index (χ4v) is 0.804. The second-order valence-electron chi connectivity index (χ2n) is 2.12. The van der Waals surface area contributed by atoms with Crippen LogP contribution < -0.4 is 5.73 Å². The first-order chi connectivity index (χ1) is 5.15. The smallest absolute Gasteiger partial charge is 0.269 e. The zero-order valence-electron chi connectivity index (χ0n) is 6.03. The van der Waals surface area contributed by atoms with E-state index in [2.05, 4.69) is 5.10 Å². The Morgan fingerprint density at radius 3 is 2.91 bits per heavy atom. The number of primary amides is 1. The number of carbonyl (C=O) groups excluding carboxylic acids is 1. The highest BCUT2D eigenvalue weighted by Gasteiger charge is 2.09. The van der Waals surface area contributed by atoms with E-state index in [1.807, 2.05) is 0 Å². The van der Waals surface area contributed by atoms with E-state index in [1.165, 1.54) is 4.68 Å². The predicted molar refractivity (Wildman–Crippen MR) is 39.6 cm³/mol. The fourth-order valence-electron chi connectivity index (χ4n) is 0.804. The van der Waals surface area contributed by atoms with Crippen LogP contribution in [0.2, 0.25) is 0 Å². The Balaban J connectivity index is 3.22. The second-order valence-corrected chi connectivity index (χ2v) is 2.12. The Morgan fingerprint density at radius 1 is 1.91 bits per heavy atom. The van der Waals surface area contributed by atoms with Crippen molar-refractivity contribution >= 4 is 12.1 Å². The molecule has 0 spiro atoms. The van der Waals surface area contributed by atoms with Gasteiger partial charge in [-0.2, -0.15) is 5.10 Å². The van der Waals surface area contributed by atoms with E-state index in [-0.39, 0.29) is 5.69 Å². The molecule has 0 saturated heterocycles. The monoisotopic (exact) mass is 152 g/mol. The van der Waals surface area contributed by atoms with Gasteiger partial charge in [0, 0.05) is 25.0 Å². The maximum absolute atomic E-state index is 10.6. The highest BCUT2D eigenvalue weighted by Crippen LogP contribution is 2.00. The molecule has 58 valence electrons. The molecule has 11 heavy (non-hydrogen) atoms. The molecule has 1 aromatic heterocycles. The molecule has 0 aliphatic rings. The van der Waals surface area contributed by atoms with Gasteiger partial charge in [0.1, 0.15) is 0 Å². The van der Waals surface area contributed by atoms with Crippen molar-refractivity contribution in [3.8, 4) is 0 Å². The summed E-state index contributed by atoms with van der Waals surface area (Å²) in [7, 11) is 1.67. The van der Waals surface area contributed by atoms with Crippen LogP contribution in [0.15, 0.2) is 6.20 Å². The number of aryl methyl sites for hydroxylation is 1. The van der Waals surface area contributed by atoms with Gasteiger partial charge in [0.2, 0.25) is 0 Å². The van der Waals surface area contributed by atoms with Crippen molar-refractivity contribution in [1.82, 2.24) is 9.78 Å². The minimum atomic E-state index is -0.607. The molecule has 3 N–H and O–H groups in total. The van der Waals surface area contributed by atoms with Gasteiger partial charge in [0.05, 0.1) is 0 Å². The van der Waals surface area contributed by atoms with Gasteiger partial charge in [-0.3, -0.25) is 9.48 Å². The highest BCUT2D eigenvalue weighted by atomic mass is 16.1. The number of nitrogens with zero attached hydrogens (tertiary/aromatic N) is 2. The Labute approximate surface area is 63.3 Å². The molecular weight excluding hydrogens is 144 g/mol. The quantitative estimate of drug-likeness (QED) is 0.561. The molecule has 5 nitrogen and oxygen atoms in total. The van der Waals surface area contributed by atoms with Gasteiger partial charge in [0.25, 0.3) is 5.91 Å². The minimum absolute atomic E-state index is 0.141. The average Bonchev–Trinajstić information content (AvgIpc) is 2.30. The minimum Gasteiger partial charge on any atom is -0.364 e. The summed E-state index contributed by atoms with van der Waals surface area (Å²) in [6, 6.07) is 0. The van der Waals surface area contributed by atoms with Crippen molar-refractivity contribution in [1.29, 1.82) is 5.41 Å². The summed E-state index contributed by atoms with van der Waals surface area (Å²) in [6.07, 6.45) is 2.61. The second kappa shape index (κ2) is 2.53. The van der Waals surface area contributed by atoms with Crippen LogP contribution in [0.3, 0.4) is 0 Å². The Morgan fingerprint density at radius 2 is 2.55 bits per heavy atom. The van der Waals surface area contributed by atoms with Gasteiger partial charge >= 0.3 is 0 Å². The number of nitrogens with one attached hydrogen (secondary N) is 1. The van der Waals surface area contributed by atoms with Crippen LogP contribution in [0.5, 0.6) is 0 Å². The third kappa shape index (κ3) is 1.26. The maximum atomic E-state index is 10.6. The lowest BCUT2D eigenvalue weighted by Gasteiger charge is -1.86. The number of hydrogen-bond donors (Lipinski definition) is 2. The topological polar surface area (TPSA) is 84.8 Å². The third-order valence-corrected chi connectivity index (χ3v) is 1.25. The number of hydrogen-bond acceptors (Lipinski definition) is 3. The van der Waals surface area contributed by atoms with Crippen molar-refractivity contribution in [2.45, 2.75) is 0 Å². The summed E-state index contributed by atoms with van der Waals surface area (Å²) in [6.45, 7) is 0. The van der Waals surface area contributed by atoms with Gasteiger partial charge < -0.3 is 11.1 Å². The van der Waals surface area contributed by atoms with Gasteiger partial charge in [0.15, 0.2) is 5.69 Å². The van der Waals surface area contributed by atoms with Crippen molar-refractivity contribution < 1.29 is 4.79 Å². The lowest BCUT2D eigenvalue weighted by Crippen LogP contribution is -2.13. The molecule has 0 atom stereocenters. The van der Waals surface area contributed by atoms with Crippen LogP contribution in [0, 0.1) is 5.41 Å². The van der Waals surface area contributed by atoms with Crippen LogP contribution in [-0.2, 0) is 7.05 Å². The van der Waals surface area contributed by atoms with E-state index >= 15 is 0 Å². The molecule has 1 amide bonds. The molecule has 0 fully saturated rings. The molecule has 0 bridgehead atoms. The largest absolute Gasteiger partial charge is 0.364 e. The van der Waals surface area contributed by atoms with Crippen LogP contribution in [0.4, 0.5) is 0 Å². The Bertz CT molecular complexity index is 302. The first kappa shape index (κ1) is 7.46. The number of carbonyl (C=O) groups is 1. The molecule has 0 aromatic carbocycles. The SMILES string of the molecule is Cn1cc(C=N)c(C(N)=O)n1. The van der Waals surface area contributed by atoms with E-state index in [9.17, 15) is 4.79 Å². The van der Waals surface area contributed by atoms with Crippen molar-refractivity contribution in [2.75, 3.05) is 0 Å². The van der Waals surface area contributed by atoms with E-state index < -0.39 is 5.91 Å². The predicted octanol–water partition coefficient (Wildman–Crippen LogP) is -0.483. The molecular formula is C6H8N4O. The fraction of sp³-hybridized carbons (Fsp3) is 0.167. The van der Waals surface area contributed by atoms with Gasteiger partial charge in [-0.25, -0.2) is 0 Å². The Hall–Kier alpha value is -1.65. The summed E-state index contributed by atoms with van der Waals surface area (Å²) in [4.78, 5) is 10.6. The summed E-state index contributed by atoms with van der Waals surface area (Å²) in [5, 5.41) is 10.7. The zero-order chi connectivity index (χ0) is 8.43. The zero-order valence-corrected chi connectivity index (χ0v) is 6.03. The van der Waals surface area contributed by atoms with Crippen LogP contribution in [0.25, 0.3) is 0 Å². The molecule has 1 aromatic rings.